The van der Waals surface area contributed by atoms with Gasteiger partial charge in [-0.15, -0.1) is 0 Å². The minimum Gasteiger partial charge on any atom is -0.302 e. The van der Waals surface area contributed by atoms with Crippen LogP contribution >= 0.6 is 0 Å². The van der Waals surface area contributed by atoms with Gasteiger partial charge in [-0.25, -0.2) is 0 Å². The van der Waals surface area contributed by atoms with Gasteiger partial charge in [0.2, 0.25) is 0 Å². The summed E-state index contributed by atoms with van der Waals surface area (Å²) >= 11 is 0. The summed E-state index contributed by atoms with van der Waals surface area (Å²) in [5.74, 6) is 0.847. The lowest BCUT2D eigenvalue weighted by atomic mass is 10.1. The van der Waals surface area contributed by atoms with Gasteiger partial charge >= 0.3 is 0 Å². The molecule has 0 aromatic heterocycles. The molecular formula is C10H20N2. The standard InChI is InChI=1S/C10H20N2/c1-5-12(7-9(2)3)8-10(4)6-11/h9-10H,5,7-8H2,1-4H3. The second-order valence-corrected chi connectivity index (χ2v) is 3.78. The summed E-state index contributed by atoms with van der Waals surface area (Å²) in [6, 6.07) is 2.26. The van der Waals surface area contributed by atoms with Gasteiger partial charge < -0.3 is 4.90 Å². The van der Waals surface area contributed by atoms with Gasteiger partial charge in [-0.2, -0.15) is 5.26 Å². The van der Waals surface area contributed by atoms with E-state index in [-0.39, 0.29) is 5.92 Å². The lowest BCUT2D eigenvalue weighted by molar-refractivity contribution is 0.240. The van der Waals surface area contributed by atoms with Crippen LogP contribution in [0.5, 0.6) is 0 Å². The fraction of sp³-hybridized carbons (Fsp3) is 0.900. The Bertz CT molecular complexity index is 146. The lowest BCUT2D eigenvalue weighted by Crippen LogP contribution is -2.31. The van der Waals surface area contributed by atoms with Crippen LogP contribution in [-0.2, 0) is 0 Å². The van der Waals surface area contributed by atoms with Gasteiger partial charge in [0.15, 0.2) is 0 Å². The molecule has 0 aromatic carbocycles. The van der Waals surface area contributed by atoms with Crippen LogP contribution in [-0.4, -0.2) is 24.5 Å². The molecule has 1 atom stereocenters. The van der Waals surface area contributed by atoms with E-state index >= 15 is 0 Å². The van der Waals surface area contributed by atoms with Gasteiger partial charge in [-0.1, -0.05) is 20.8 Å². The number of rotatable bonds is 5. The number of nitriles is 1. The first-order valence-electron chi connectivity index (χ1n) is 4.72. The van der Waals surface area contributed by atoms with Gasteiger partial charge in [0, 0.05) is 13.1 Å². The van der Waals surface area contributed by atoms with Crippen molar-refractivity contribution in [3.8, 4) is 6.07 Å². The highest BCUT2D eigenvalue weighted by molar-refractivity contribution is 4.81. The second-order valence-electron chi connectivity index (χ2n) is 3.78. The van der Waals surface area contributed by atoms with Crippen molar-refractivity contribution in [2.45, 2.75) is 27.7 Å². The molecule has 0 fully saturated rings. The van der Waals surface area contributed by atoms with E-state index in [1.54, 1.807) is 0 Å². The molecule has 0 aliphatic carbocycles. The van der Waals surface area contributed by atoms with Gasteiger partial charge in [0.25, 0.3) is 0 Å². The molecule has 0 aliphatic rings. The molecule has 1 unspecified atom stereocenters. The van der Waals surface area contributed by atoms with Gasteiger partial charge in [0.05, 0.1) is 12.0 Å². The zero-order valence-corrected chi connectivity index (χ0v) is 8.67. The van der Waals surface area contributed by atoms with Crippen molar-refractivity contribution in [3.63, 3.8) is 0 Å². The molecule has 0 aliphatic heterocycles. The summed E-state index contributed by atoms with van der Waals surface area (Å²) in [5.41, 5.74) is 0. The molecule has 0 spiro atoms. The summed E-state index contributed by atoms with van der Waals surface area (Å²) in [6.07, 6.45) is 0. The highest BCUT2D eigenvalue weighted by Gasteiger charge is 2.08. The zero-order valence-electron chi connectivity index (χ0n) is 8.67. The zero-order chi connectivity index (χ0) is 9.56. The number of nitrogens with zero attached hydrogens (tertiary/aromatic N) is 2. The largest absolute Gasteiger partial charge is 0.302 e. The fourth-order valence-corrected chi connectivity index (χ4v) is 1.28. The Morgan fingerprint density at radius 3 is 2.17 bits per heavy atom. The summed E-state index contributed by atoms with van der Waals surface area (Å²) < 4.78 is 0. The Morgan fingerprint density at radius 1 is 1.25 bits per heavy atom. The normalized spacial score (nSPS) is 13.4. The van der Waals surface area contributed by atoms with Crippen molar-refractivity contribution in [2.24, 2.45) is 11.8 Å². The molecule has 0 saturated carbocycles. The third-order valence-corrected chi connectivity index (χ3v) is 1.82. The average Bonchev–Trinajstić information content (AvgIpc) is 2.02. The first kappa shape index (κ1) is 11.4. The topological polar surface area (TPSA) is 27.0 Å². The first-order valence-corrected chi connectivity index (χ1v) is 4.72. The van der Waals surface area contributed by atoms with Crippen LogP contribution in [0, 0.1) is 23.2 Å². The molecule has 0 heterocycles. The molecule has 0 rings (SSSR count). The van der Waals surface area contributed by atoms with Crippen LogP contribution in [0.1, 0.15) is 27.7 Å². The first-order chi connectivity index (χ1) is 5.60. The summed E-state index contributed by atoms with van der Waals surface area (Å²) in [5, 5.41) is 8.64. The van der Waals surface area contributed by atoms with Crippen molar-refractivity contribution < 1.29 is 0 Å². The average molecular weight is 168 g/mol. The molecule has 0 N–H and O–H groups in total. The smallest absolute Gasteiger partial charge is 0.0666 e. The Morgan fingerprint density at radius 2 is 1.83 bits per heavy atom. The molecule has 0 bridgehead atoms. The van der Waals surface area contributed by atoms with Crippen LogP contribution in [0.3, 0.4) is 0 Å². The number of hydrogen-bond acceptors (Lipinski definition) is 2. The maximum absolute atomic E-state index is 8.64. The second kappa shape index (κ2) is 6.02. The molecule has 0 saturated heterocycles. The van der Waals surface area contributed by atoms with E-state index in [0.29, 0.717) is 5.92 Å². The van der Waals surface area contributed by atoms with Crippen LogP contribution < -0.4 is 0 Å². The van der Waals surface area contributed by atoms with E-state index in [0.717, 1.165) is 19.6 Å². The summed E-state index contributed by atoms with van der Waals surface area (Å²) in [6.45, 7) is 11.6. The highest BCUT2D eigenvalue weighted by atomic mass is 15.1. The SMILES string of the molecule is CCN(CC(C)C)CC(C)C#N. The highest BCUT2D eigenvalue weighted by Crippen LogP contribution is 2.02. The predicted molar refractivity (Wildman–Crippen MR) is 51.7 cm³/mol. The molecule has 12 heavy (non-hydrogen) atoms. The summed E-state index contributed by atoms with van der Waals surface area (Å²) in [7, 11) is 0. The summed E-state index contributed by atoms with van der Waals surface area (Å²) in [4.78, 5) is 2.33. The molecule has 2 heteroatoms. The van der Waals surface area contributed by atoms with Gasteiger partial charge in [0.1, 0.15) is 0 Å². The third kappa shape index (κ3) is 5.15. The molecule has 2 nitrogen and oxygen atoms in total. The third-order valence-electron chi connectivity index (χ3n) is 1.82. The fourth-order valence-electron chi connectivity index (χ4n) is 1.28. The van der Waals surface area contributed by atoms with Gasteiger partial charge in [-0.3, -0.25) is 0 Å². The van der Waals surface area contributed by atoms with Crippen molar-refractivity contribution in [2.75, 3.05) is 19.6 Å². The van der Waals surface area contributed by atoms with Crippen molar-refractivity contribution in [1.82, 2.24) is 4.90 Å². The quantitative estimate of drug-likeness (QED) is 0.628. The van der Waals surface area contributed by atoms with E-state index in [4.69, 9.17) is 5.26 Å². The van der Waals surface area contributed by atoms with E-state index in [2.05, 4.69) is 31.7 Å². The molecule has 0 radical (unpaired) electrons. The lowest BCUT2D eigenvalue weighted by Gasteiger charge is -2.23. The Labute approximate surface area is 76.2 Å². The minimum absolute atomic E-state index is 0.156. The maximum atomic E-state index is 8.64. The van der Waals surface area contributed by atoms with Crippen LogP contribution in [0.25, 0.3) is 0 Å². The monoisotopic (exact) mass is 168 g/mol. The van der Waals surface area contributed by atoms with Crippen LogP contribution in [0.15, 0.2) is 0 Å². The van der Waals surface area contributed by atoms with E-state index in [1.807, 2.05) is 6.92 Å². The Balaban J connectivity index is 3.76. The van der Waals surface area contributed by atoms with Crippen LogP contribution in [0.2, 0.25) is 0 Å². The molecular weight excluding hydrogens is 148 g/mol. The minimum atomic E-state index is 0.156. The van der Waals surface area contributed by atoms with E-state index in [9.17, 15) is 0 Å². The molecule has 0 amide bonds. The van der Waals surface area contributed by atoms with Crippen LogP contribution in [0.4, 0.5) is 0 Å². The Kier molecular flexibility index (Phi) is 5.74. The Hall–Kier alpha value is -0.550. The van der Waals surface area contributed by atoms with E-state index < -0.39 is 0 Å². The van der Waals surface area contributed by atoms with Crippen molar-refractivity contribution in [3.05, 3.63) is 0 Å². The van der Waals surface area contributed by atoms with Crippen molar-refractivity contribution >= 4 is 0 Å². The predicted octanol–water partition coefficient (Wildman–Crippen LogP) is 2.12. The maximum Gasteiger partial charge on any atom is 0.0666 e. The molecule has 0 aromatic rings. The van der Waals surface area contributed by atoms with Gasteiger partial charge in [-0.05, 0) is 19.4 Å². The van der Waals surface area contributed by atoms with E-state index in [1.165, 1.54) is 0 Å². The number of hydrogen-bond donors (Lipinski definition) is 0. The molecule has 70 valence electrons. The van der Waals surface area contributed by atoms with Crippen molar-refractivity contribution in [1.29, 1.82) is 5.26 Å².